The molecular formula is C11H24N3O2+. The van der Waals surface area contributed by atoms with Crippen LogP contribution in [0.2, 0.25) is 0 Å². The van der Waals surface area contributed by atoms with Gasteiger partial charge in [-0.3, -0.25) is 9.59 Å². The van der Waals surface area contributed by atoms with Crippen molar-refractivity contribution in [2.24, 2.45) is 0 Å². The van der Waals surface area contributed by atoms with Gasteiger partial charge in [0.05, 0.1) is 13.1 Å². The lowest BCUT2D eigenvalue weighted by molar-refractivity contribution is -0.655. The number of unbranched alkanes of at least 4 members (excludes halogenated alkanes) is 1. The molecule has 4 N–H and O–H groups in total. The molecule has 0 rings (SSSR count). The fourth-order valence-corrected chi connectivity index (χ4v) is 1.33. The summed E-state index contributed by atoms with van der Waals surface area (Å²) in [6.07, 6.45) is 3.15. The molecule has 0 radical (unpaired) electrons. The van der Waals surface area contributed by atoms with Crippen molar-refractivity contribution in [1.29, 1.82) is 0 Å². The molecule has 0 spiro atoms. The molecule has 5 nitrogen and oxygen atoms in total. The van der Waals surface area contributed by atoms with Crippen LogP contribution in [0.1, 0.15) is 33.1 Å². The molecular weight excluding hydrogens is 206 g/mol. The van der Waals surface area contributed by atoms with E-state index in [4.69, 9.17) is 0 Å². The standard InChI is InChI=1S/C11H23N3O2/c1-10(15)13-8-4-3-6-12-7-5-9-14-11(2)16/h12H,3-9H2,1-2H3,(H,13,15)(H,14,16)/p+1. The number of amides is 2. The molecule has 0 atom stereocenters. The number of hydrogen-bond donors (Lipinski definition) is 3. The Morgan fingerprint density at radius 3 is 1.94 bits per heavy atom. The summed E-state index contributed by atoms with van der Waals surface area (Å²) in [5, 5.41) is 7.78. The van der Waals surface area contributed by atoms with E-state index in [9.17, 15) is 9.59 Å². The van der Waals surface area contributed by atoms with Crippen LogP contribution in [0.3, 0.4) is 0 Å². The highest BCUT2D eigenvalue weighted by Gasteiger charge is 1.95. The van der Waals surface area contributed by atoms with Crippen LogP contribution in [0.4, 0.5) is 0 Å². The topological polar surface area (TPSA) is 74.8 Å². The summed E-state index contributed by atoms with van der Waals surface area (Å²) in [4.78, 5) is 21.1. The molecule has 0 fully saturated rings. The Hall–Kier alpha value is -1.10. The lowest BCUT2D eigenvalue weighted by atomic mass is 10.3. The average Bonchev–Trinajstić information content (AvgIpc) is 2.20. The molecule has 0 saturated heterocycles. The highest BCUT2D eigenvalue weighted by atomic mass is 16.1. The van der Waals surface area contributed by atoms with Crippen molar-refractivity contribution in [2.75, 3.05) is 26.2 Å². The predicted octanol–water partition coefficient (Wildman–Crippen LogP) is -1.01. The van der Waals surface area contributed by atoms with Gasteiger partial charge in [-0.1, -0.05) is 0 Å². The van der Waals surface area contributed by atoms with Crippen LogP contribution < -0.4 is 16.0 Å². The maximum Gasteiger partial charge on any atom is 0.216 e. The van der Waals surface area contributed by atoms with Gasteiger partial charge in [-0.2, -0.15) is 0 Å². The second kappa shape index (κ2) is 10.4. The van der Waals surface area contributed by atoms with Gasteiger partial charge in [-0.05, 0) is 12.8 Å². The summed E-state index contributed by atoms with van der Waals surface area (Å²) >= 11 is 0. The summed E-state index contributed by atoms with van der Waals surface area (Å²) in [5.41, 5.74) is 0. The monoisotopic (exact) mass is 230 g/mol. The maximum atomic E-state index is 10.6. The van der Waals surface area contributed by atoms with E-state index in [1.54, 1.807) is 0 Å². The summed E-state index contributed by atoms with van der Waals surface area (Å²) < 4.78 is 0. The molecule has 0 unspecified atom stereocenters. The Labute approximate surface area is 97.4 Å². The van der Waals surface area contributed by atoms with Crippen molar-refractivity contribution in [3.8, 4) is 0 Å². The lowest BCUT2D eigenvalue weighted by Gasteiger charge is -2.03. The van der Waals surface area contributed by atoms with Crippen LogP contribution >= 0.6 is 0 Å². The molecule has 0 aromatic heterocycles. The maximum absolute atomic E-state index is 10.6. The van der Waals surface area contributed by atoms with Crippen molar-refractivity contribution in [2.45, 2.75) is 33.1 Å². The van der Waals surface area contributed by atoms with E-state index in [1.807, 2.05) is 0 Å². The molecule has 5 heteroatoms. The zero-order valence-corrected chi connectivity index (χ0v) is 10.3. The quantitative estimate of drug-likeness (QED) is 0.444. The van der Waals surface area contributed by atoms with Gasteiger partial charge in [0.1, 0.15) is 0 Å². The smallest absolute Gasteiger partial charge is 0.216 e. The number of nitrogens with one attached hydrogen (secondary N) is 2. The third kappa shape index (κ3) is 12.9. The molecule has 94 valence electrons. The average molecular weight is 230 g/mol. The Kier molecular flexibility index (Phi) is 9.70. The van der Waals surface area contributed by atoms with Crippen LogP contribution in [0.5, 0.6) is 0 Å². The zero-order valence-electron chi connectivity index (χ0n) is 10.3. The SMILES string of the molecule is CC(=O)NCCCC[NH2+]CCCNC(C)=O. The van der Waals surface area contributed by atoms with Crippen molar-refractivity contribution >= 4 is 11.8 Å². The number of quaternary nitrogens is 1. The second-order valence-electron chi connectivity index (χ2n) is 3.89. The van der Waals surface area contributed by atoms with Gasteiger partial charge in [-0.15, -0.1) is 0 Å². The largest absolute Gasteiger partial charge is 0.356 e. The molecule has 0 aromatic carbocycles. The Bertz CT molecular complexity index is 185. The minimum absolute atomic E-state index is 0.0373. The Balaban J connectivity index is 2.98. The van der Waals surface area contributed by atoms with E-state index in [-0.39, 0.29) is 11.8 Å². The third-order valence-corrected chi connectivity index (χ3v) is 2.17. The normalized spacial score (nSPS) is 9.88. The molecule has 16 heavy (non-hydrogen) atoms. The third-order valence-electron chi connectivity index (χ3n) is 2.17. The second-order valence-corrected chi connectivity index (χ2v) is 3.89. The molecule has 0 saturated carbocycles. The number of nitrogens with two attached hydrogens (primary N) is 1. The Morgan fingerprint density at radius 1 is 0.875 bits per heavy atom. The first-order valence-electron chi connectivity index (χ1n) is 5.93. The summed E-state index contributed by atoms with van der Waals surface area (Å²) in [6, 6.07) is 0. The number of rotatable bonds is 9. The number of hydrogen-bond acceptors (Lipinski definition) is 2. The van der Waals surface area contributed by atoms with Crippen molar-refractivity contribution < 1.29 is 14.9 Å². The van der Waals surface area contributed by atoms with E-state index < -0.39 is 0 Å². The minimum atomic E-state index is 0.0373. The van der Waals surface area contributed by atoms with E-state index in [2.05, 4.69) is 16.0 Å². The van der Waals surface area contributed by atoms with E-state index in [0.29, 0.717) is 0 Å². The van der Waals surface area contributed by atoms with Gasteiger partial charge in [0.2, 0.25) is 11.8 Å². The van der Waals surface area contributed by atoms with Crippen LogP contribution in [0.25, 0.3) is 0 Å². The summed E-state index contributed by atoms with van der Waals surface area (Å²) in [6.45, 7) is 6.73. The molecule has 0 aromatic rings. The molecule has 0 aliphatic heterocycles. The first-order chi connectivity index (χ1) is 7.63. The summed E-state index contributed by atoms with van der Waals surface area (Å²) in [7, 11) is 0. The van der Waals surface area contributed by atoms with Crippen LogP contribution in [-0.4, -0.2) is 38.0 Å². The fraction of sp³-hybridized carbons (Fsp3) is 0.818. The van der Waals surface area contributed by atoms with E-state index in [0.717, 1.165) is 45.4 Å². The molecule has 0 bridgehead atoms. The van der Waals surface area contributed by atoms with Crippen molar-refractivity contribution in [1.82, 2.24) is 10.6 Å². The number of carbonyl (C=O) groups excluding carboxylic acids is 2. The van der Waals surface area contributed by atoms with Crippen molar-refractivity contribution in [3.63, 3.8) is 0 Å². The first kappa shape index (κ1) is 14.9. The van der Waals surface area contributed by atoms with Crippen LogP contribution in [0, 0.1) is 0 Å². The molecule has 0 aliphatic rings. The van der Waals surface area contributed by atoms with Gasteiger partial charge >= 0.3 is 0 Å². The first-order valence-corrected chi connectivity index (χ1v) is 5.93. The van der Waals surface area contributed by atoms with E-state index >= 15 is 0 Å². The van der Waals surface area contributed by atoms with Gasteiger partial charge in [0.25, 0.3) is 0 Å². The van der Waals surface area contributed by atoms with Crippen LogP contribution in [0.15, 0.2) is 0 Å². The van der Waals surface area contributed by atoms with Gasteiger partial charge in [0.15, 0.2) is 0 Å². The van der Waals surface area contributed by atoms with Gasteiger partial charge < -0.3 is 16.0 Å². The lowest BCUT2D eigenvalue weighted by Crippen LogP contribution is -2.84. The van der Waals surface area contributed by atoms with Gasteiger partial charge in [0, 0.05) is 33.4 Å². The zero-order chi connectivity index (χ0) is 12.2. The Morgan fingerprint density at radius 2 is 1.38 bits per heavy atom. The van der Waals surface area contributed by atoms with Crippen LogP contribution in [-0.2, 0) is 9.59 Å². The molecule has 0 heterocycles. The number of carbonyl (C=O) groups is 2. The van der Waals surface area contributed by atoms with Gasteiger partial charge in [-0.25, -0.2) is 0 Å². The fourth-order valence-electron chi connectivity index (χ4n) is 1.33. The highest BCUT2D eigenvalue weighted by Crippen LogP contribution is 1.81. The molecule has 2 amide bonds. The van der Waals surface area contributed by atoms with E-state index in [1.165, 1.54) is 13.8 Å². The van der Waals surface area contributed by atoms with Crippen molar-refractivity contribution in [3.05, 3.63) is 0 Å². The molecule has 0 aliphatic carbocycles. The predicted molar refractivity (Wildman–Crippen MR) is 62.9 cm³/mol. The summed E-state index contributed by atoms with van der Waals surface area (Å²) in [5.74, 6) is 0.0783. The minimum Gasteiger partial charge on any atom is -0.356 e. The highest BCUT2D eigenvalue weighted by molar-refractivity contribution is 5.72.